The van der Waals surface area contributed by atoms with E-state index in [1.54, 1.807) is 24.3 Å². The number of nitrogens with one attached hydrogen (secondary N) is 1. The van der Waals surface area contributed by atoms with Crippen LogP contribution in [0.1, 0.15) is 5.56 Å². The summed E-state index contributed by atoms with van der Waals surface area (Å²) in [7, 11) is -3.56. The lowest BCUT2D eigenvalue weighted by Gasteiger charge is -2.35. The average molecular weight is 432 g/mol. The topological polar surface area (TPSA) is 86.8 Å². The first-order chi connectivity index (χ1) is 13.9. The Balaban J connectivity index is 1.40. The van der Waals surface area contributed by atoms with Gasteiger partial charge in [-0.05, 0) is 36.2 Å². The molecule has 2 amide bonds. The molecule has 1 N–H and O–H groups in total. The second-order valence-corrected chi connectivity index (χ2v) is 10.1. The molecule has 0 aliphatic carbocycles. The number of benzene rings is 2. The number of hydrogen-bond donors (Lipinski definition) is 1. The number of anilines is 1. The third-order valence-corrected chi connectivity index (χ3v) is 8.00. The number of rotatable bonds is 5. The quantitative estimate of drug-likeness (QED) is 0.780. The van der Waals surface area contributed by atoms with Gasteiger partial charge in [0.25, 0.3) is 5.24 Å². The molecule has 0 spiro atoms. The summed E-state index contributed by atoms with van der Waals surface area (Å²) in [6.45, 7) is 2.15. The molecule has 2 fully saturated rings. The highest BCUT2D eigenvalue weighted by molar-refractivity contribution is 8.15. The number of carbonyl (C=O) groups excluding carboxylic acids is 2. The van der Waals surface area contributed by atoms with Crippen molar-refractivity contribution in [2.24, 2.45) is 0 Å². The second-order valence-electron chi connectivity index (χ2n) is 6.96. The highest BCUT2D eigenvalue weighted by Crippen LogP contribution is 2.25. The van der Waals surface area contributed by atoms with E-state index in [2.05, 4.69) is 10.2 Å². The van der Waals surface area contributed by atoms with Crippen LogP contribution in [0, 0.1) is 0 Å². The normalized spacial score (nSPS) is 20.7. The van der Waals surface area contributed by atoms with E-state index in [1.807, 2.05) is 30.3 Å². The van der Waals surface area contributed by atoms with E-state index in [-0.39, 0.29) is 16.0 Å². The molecule has 2 aromatic carbocycles. The number of sulfonamides is 1. The number of piperazine rings is 1. The van der Waals surface area contributed by atoms with Gasteiger partial charge in [-0.1, -0.05) is 42.1 Å². The van der Waals surface area contributed by atoms with Gasteiger partial charge >= 0.3 is 0 Å². The standard InChI is InChI=1S/C20H21N3O4S2/c24-19-18(28-20(25)21-19)14-15-6-8-17(9-7-15)29(26,27)23-12-10-22(11-13-23)16-4-2-1-3-5-16/h1-9,18H,10-14H2,(H,21,24,25)/t18-/m1/s1. The maximum atomic E-state index is 13.0. The maximum absolute atomic E-state index is 13.0. The minimum Gasteiger partial charge on any atom is -0.369 e. The van der Waals surface area contributed by atoms with E-state index < -0.39 is 15.3 Å². The fourth-order valence-electron chi connectivity index (χ4n) is 3.51. The van der Waals surface area contributed by atoms with E-state index in [0.717, 1.165) is 23.0 Å². The van der Waals surface area contributed by atoms with Gasteiger partial charge in [0.15, 0.2) is 0 Å². The minimum absolute atomic E-state index is 0.244. The highest BCUT2D eigenvalue weighted by Gasteiger charge is 2.32. The van der Waals surface area contributed by atoms with Crippen molar-refractivity contribution in [3.8, 4) is 0 Å². The molecule has 7 nitrogen and oxygen atoms in total. The molecule has 2 aliphatic heterocycles. The van der Waals surface area contributed by atoms with Crippen molar-refractivity contribution in [2.75, 3.05) is 31.1 Å². The third-order valence-electron chi connectivity index (χ3n) is 5.11. The van der Waals surface area contributed by atoms with Crippen LogP contribution >= 0.6 is 11.8 Å². The molecular formula is C20H21N3O4S2. The highest BCUT2D eigenvalue weighted by atomic mass is 32.2. The van der Waals surface area contributed by atoms with Gasteiger partial charge in [0.2, 0.25) is 15.9 Å². The van der Waals surface area contributed by atoms with E-state index in [1.165, 1.54) is 4.31 Å². The molecule has 4 rings (SSSR count). The Kier molecular flexibility index (Phi) is 5.62. The van der Waals surface area contributed by atoms with E-state index in [0.29, 0.717) is 32.6 Å². The van der Waals surface area contributed by atoms with Crippen LogP contribution in [-0.4, -0.2) is 55.3 Å². The van der Waals surface area contributed by atoms with Crippen molar-refractivity contribution in [2.45, 2.75) is 16.6 Å². The average Bonchev–Trinajstić information content (AvgIpc) is 3.06. The van der Waals surface area contributed by atoms with Gasteiger partial charge in [0, 0.05) is 31.9 Å². The van der Waals surface area contributed by atoms with Gasteiger partial charge in [0.05, 0.1) is 10.1 Å². The van der Waals surface area contributed by atoms with Crippen LogP contribution in [0.25, 0.3) is 0 Å². The SMILES string of the molecule is O=C1NC(=O)[C@@H](Cc2ccc(S(=O)(=O)N3CCN(c4ccccc4)CC3)cc2)S1. The summed E-state index contributed by atoms with van der Waals surface area (Å²) >= 11 is 0.969. The fraction of sp³-hybridized carbons (Fsp3) is 0.300. The Bertz CT molecular complexity index is 1000. The molecule has 0 aromatic heterocycles. The molecule has 2 aliphatic rings. The summed E-state index contributed by atoms with van der Waals surface area (Å²) in [4.78, 5) is 25.4. The Labute approximate surface area is 174 Å². The van der Waals surface area contributed by atoms with Crippen LogP contribution in [0.3, 0.4) is 0 Å². The number of thioether (sulfide) groups is 1. The van der Waals surface area contributed by atoms with Crippen molar-refractivity contribution >= 4 is 38.6 Å². The molecule has 0 unspecified atom stereocenters. The molecule has 152 valence electrons. The Morgan fingerprint density at radius 2 is 1.59 bits per heavy atom. The molecule has 2 saturated heterocycles. The summed E-state index contributed by atoms with van der Waals surface area (Å²) in [6, 6.07) is 16.5. The van der Waals surface area contributed by atoms with E-state index >= 15 is 0 Å². The first kappa shape index (κ1) is 19.9. The molecule has 29 heavy (non-hydrogen) atoms. The minimum atomic E-state index is -3.56. The predicted octanol–water partition coefficient (Wildman–Crippen LogP) is 2.09. The summed E-state index contributed by atoms with van der Waals surface area (Å²) in [6.07, 6.45) is 0.387. The number of nitrogens with zero attached hydrogens (tertiary/aromatic N) is 2. The lowest BCUT2D eigenvalue weighted by Crippen LogP contribution is -2.48. The zero-order chi connectivity index (χ0) is 20.4. The number of imide groups is 1. The monoisotopic (exact) mass is 431 g/mol. The maximum Gasteiger partial charge on any atom is 0.286 e. The first-order valence-corrected chi connectivity index (χ1v) is 11.7. The zero-order valence-corrected chi connectivity index (χ0v) is 17.3. The van der Waals surface area contributed by atoms with Gasteiger partial charge in [-0.15, -0.1) is 0 Å². The smallest absolute Gasteiger partial charge is 0.286 e. The molecule has 1 atom stereocenters. The Morgan fingerprint density at radius 3 is 2.17 bits per heavy atom. The largest absolute Gasteiger partial charge is 0.369 e. The summed E-state index contributed by atoms with van der Waals surface area (Å²) in [5.41, 5.74) is 1.92. The molecule has 0 bridgehead atoms. The molecule has 9 heteroatoms. The number of carbonyl (C=O) groups is 2. The van der Waals surface area contributed by atoms with Gasteiger partial charge in [-0.3, -0.25) is 14.9 Å². The van der Waals surface area contributed by atoms with Crippen molar-refractivity contribution < 1.29 is 18.0 Å². The number of amides is 2. The van der Waals surface area contributed by atoms with Crippen molar-refractivity contribution in [1.82, 2.24) is 9.62 Å². The molecule has 2 aromatic rings. The van der Waals surface area contributed by atoms with Crippen molar-refractivity contribution in [1.29, 1.82) is 0 Å². The Morgan fingerprint density at radius 1 is 0.931 bits per heavy atom. The predicted molar refractivity (Wildman–Crippen MR) is 112 cm³/mol. The summed E-state index contributed by atoms with van der Waals surface area (Å²) < 4.78 is 27.5. The van der Waals surface area contributed by atoms with Crippen LogP contribution in [0.15, 0.2) is 59.5 Å². The summed E-state index contributed by atoms with van der Waals surface area (Å²) in [5.74, 6) is -0.298. The van der Waals surface area contributed by atoms with Crippen molar-refractivity contribution in [3.63, 3.8) is 0 Å². The lowest BCUT2D eigenvalue weighted by molar-refractivity contribution is -0.118. The molecular weight excluding hydrogens is 410 g/mol. The number of hydrogen-bond acceptors (Lipinski definition) is 6. The van der Waals surface area contributed by atoms with Gasteiger partial charge < -0.3 is 4.90 Å². The molecule has 0 radical (unpaired) electrons. The van der Waals surface area contributed by atoms with Crippen LogP contribution < -0.4 is 10.2 Å². The number of para-hydroxylation sites is 1. The fourth-order valence-corrected chi connectivity index (χ4v) is 5.80. The van der Waals surface area contributed by atoms with Crippen LogP contribution in [0.5, 0.6) is 0 Å². The van der Waals surface area contributed by atoms with Gasteiger partial charge in [-0.2, -0.15) is 4.31 Å². The van der Waals surface area contributed by atoms with Gasteiger partial charge in [-0.25, -0.2) is 8.42 Å². The van der Waals surface area contributed by atoms with Gasteiger partial charge in [0.1, 0.15) is 0 Å². The van der Waals surface area contributed by atoms with Crippen LogP contribution in [-0.2, 0) is 21.2 Å². The zero-order valence-electron chi connectivity index (χ0n) is 15.7. The lowest BCUT2D eigenvalue weighted by atomic mass is 10.1. The molecule has 2 heterocycles. The van der Waals surface area contributed by atoms with Crippen LogP contribution in [0.2, 0.25) is 0 Å². The van der Waals surface area contributed by atoms with Crippen molar-refractivity contribution in [3.05, 3.63) is 60.2 Å². The second kappa shape index (κ2) is 8.17. The summed E-state index contributed by atoms with van der Waals surface area (Å²) in [5, 5.41) is 1.46. The molecule has 0 saturated carbocycles. The van der Waals surface area contributed by atoms with E-state index in [4.69, 9.17) is 0 Å². The first-order valence-electron chi connectivity index (χ1n) is 9.34. The van der Waals surface area contributed by atoms with E-state index in [9.17, 15) is 18.0 Å². The van der Waals surface area contributed by atoms with Crippen LogP contribution in [0.4, 0.5) is 10.5 Å². The third kappa shape index (κ3) is 4.31. The Hall–Kier alpha value is -2.36.